The normalized spacial score (nSPS) is 18.5. The minimum absolute atomic E-state index is 0.248. The fourth-order valence-electron chi connectivity index (χ4n) is 3.27. The molecule has 0 aromatic heterocycles. The first kappa shape index (κ1) is 18.4. The molecule has 1 atom stereocenters. The van der Waals surface area contributed by atoms with Crippen molar-refractivity contribution in [2.24, 2.45) is 0 Å². The molecule has 1 unspecified atom stereocenters. The number of hydrogen-bond donors (Lipinski definition) is 1. The zero-order valence-electron chi connectivity index (χ0n) is 15.0. The van der Waals surface area contributed by atoms with Gasteiger partial charge < -0.3 is 14.9 Å². The van der Waals surface area contributed by atoms with Gasteiger partial charge in [0.25, 0.3) is 0 Å². The molecule has 0 spiro atoms. The third-order valence-electron chi connectivity index (χ3n) is 4.83. The molecule has 1 aliphatic heterocycles. The Morgan fingerprint density at radius 3 is 2.57 bits per heavy atom. The Labute approximate surface area is 141 Å². The van der Waals surface area contributed by atoms with Gasteiger partial charge in [-0.15, -0.1) is 0 Å². The first-order chi connectivity index (χ1) is 11.0. The molecule has 1 saturated heterocycles. The Balaban J connectivity index is 1.62. The first-order valence-corrected chi connectivity index (χ1v) is 8.86. The monoisotopic (exact) mass is 319 g/mol. The Bertz CT molecular complexity index is 458. The van der Waals surface area contributed by atoms with Crippen LogP contribution in [0, 0.1) is 6.92 Å². The first-order valence-electron chi connectivity index (χ1n) is 8.86. The zero-order chi connectivity index (χ0) is 16.7. The smallest absolute Gasteiger partial charge is 0.0793 e. The molecule has 4 heteroatoms. The van der Waals surface area contributed by atoms with E-state index in [4.69, 9.17) is 0 Å². The second kappa shape index (κ2) is 9.38. The van der Waals surface area contributed by atoms with Gasteiger partial charge >= 0.3 is 0 Å². The van der Waals surface area contributed by atoms with Gasteiger partial charge in [0.15, 0.2) is 0 Å². The average Bonchev–Trinajstić information content (AvgIpc) is 2.51. The second-order valence-corrected chi connectivity index (χ2v) is 7.05. The van der Waals surface area contributed by atoms with Crippen molar-refractivity contribution >= 4 is 0 Å². The van der Waals surface area contributed by atoms with Crippen LogP contribution in [0.25, 0.3) is 0 Å². The van der Waals surface area contributed by atoms with Crippen LogP contribution in [0.2, 0.25) is 0 Å². The van der Waals surface area contributed by atoms with E-state index in [1.165, 1.54) is 11.1 Å². The highest BCUT2D eigenvalue weighted by Crippen LogP contribution is 2.10. The lowest BCUT2D eigenvalue weighted by Gasteiger charge is -2.34. The highest BCUT2D eigenvalue weighted by molar-refractivity contribution is 5.25. The molecule has 0 radical (unpaired) electrons. The number of rotatable bonds is 8. The van der Waals surface area contributed by atoms with Crippen molar-refractivity contribution in [2.45, 2.75) is 25.9 Å². The van der Waals surface area contributed by atoms with Gasteiger partial charge in [-0.3, -0.25) is 4.90 Å². The number of piperazine rings is 1. The molecule has 1 aromatic rings. The van der Waals surface area contributed by atoms with Gasteiger partial charge in [0.2, 0.25) is 0 Å². The van der Waals surface area contributed by atoms with Crippen molar-refractivity contribution < 1.29 is 5.11 Å². The summed E-state index contributed by atoms with van der Waals surface area (Å²) in [4.78, 5) is 6.99. The van der Waals surface area contributed by atoms with Crippen LogP contribution in [-0.2, 0) is 6.42 Å². The molecule has 0 saturated carbocycles. The van der Waals surface area contributed by atoms with Gasteiger partial charge in [-0.25, -0.2) is 0 Å². The van der Waals surface area contributed by atoms with Crippen molar-refractivity contribution in [2.75, 3.05) is 59.9 Å². The predicted octanol–water partition coefficient (Wildman–Crippen LogP) is 1.47. The number of aliphatic hydroxyl groups excluding tert-OH is 1. The van der Waals surface area contributed by atoms with E-state index >= 15 is 0 Å². The Morgan fingerprint density at radius 1 is 1.17 bits per heavy atom. The standard InChI is InChI=1S/C19H33N3O/c1-17-7-4-5-8-18(17)9-6-10-21(3)15-19(23)16-22-13-11-20(2)12-14-22/h4-5,7-8,19,23H,6,9-16H2,1-3H3. The summed E-state index contributed by atoms with van der Waals surface area (Å²) in [6.45, 7) is 9.15. The number of nitrogens with zero attached hydrogens (tertiary/aromatic N) is 3. The molecular formula is C19H33N3O. The zero-order valence-corrected chi connectivity index (χ0v) is 15.0. The quantitative estimate of drug-likeness (QED) is 0.786. The van der Waals surface area contributed by atoms with Crippen molar-refractivity contribution in [3.8, 4) is 0 Å². The number of benzene rings is 1. The van der Waals surface area contributed by atoms with Crippen LogP contribution >= 0.6 is 0 Å². The number of β-amino-alcohol motifs (C(OH)–C–C–N with tert-alkyl or cyclic N) is 1. The largest absolute Gasteiger partial charge is 0.390 e. The predicted molar refractivity (Wildman–Crippen MR) is 96.9 cm³/mol. The number of hydrogen-bond acceptors (Lipinski definition) is 4. The maximum atomic E-state index is 10.3. The minimum atomic E-state index is -0.248. The molecular weight excluding hydrogens is 286 g/mol. The third-order valence-corrected chi connectivity index (χ3v) is 4.83. The van der Waals surface area contributed by atoms with Crippen LogP contribution in [0.4, 0.5) is 0 Å². The SMILES string of the molecule is Cc1ccccc1CCCN(C)CC(O)CN1CCN(C)CC1. The molecule has 1 N–H and O–H groups in total. The van der Waals surface area contributed by atoms with Gasteiger partial charge in [0.1, 0.15) is 0 Å². The number of likely N-dealkylation sites (N-methyl/N-ethyl adjacent to an activating group) is 2. The topological polar surface area (TPSA) is 30.0 Å². The number of aryl methyl sites for hydroxylation is 2. The van der Waals surface area contributed by atoms with Gasteiger partial charge in [-0.1, -0.05) is 24.3 Å². The molecule has 1 aliphatic rings. The molecule has 1 aromatic carbocycles. The summed E-state index contributed by atoms with van der Waals surface area (Å²) >= 11 is 0. The molecule has 0 bridgehead atoms. The third kappa shape index (κ3) is 6.60. The van der Waals surface area contributed by atoms with Crippen molar-refractivity contribution in [3.63, 3.8) is 0 Å². The molecule has 2 rings (SSSR count). The van der Waals surface area contributed by atoms with E-state index in [1.54, 1.807) is 0 Å². The maximum Gasteiger partial charge on any atom is 0.0793 e. The fraction of sp³-hybridized carbons (Fsp3) is 0.684. The molecule has 0 amide bonds. The molecule has 1 heterocycles. The summed E-state index contributed by atoms with van der Waals surface area (Å²) < 4.78 is 0. The van der Waals surface area contributed by atoms with Gasteiger partial charge in [-0.05, 0) is 51.5 Å². The van der Waals surface area contributed by atoms with Crippen LogP contribution in [0.3, 0.4) is 0 Å². The summed E-state index contributed by atoms with van der Waals surface area (Å²) in [5.74, 6) is 0. The molecule has 1 fully saturated rings. The van der Waals surface area contributed by atoms with Crippen molar-refractivity contribution in [3.05, 3.63) is 35.4 Å². The fourth-order valence-corrected chi connectivity index (χ4v) is 3.27. The minimum Gasteiger partial charge on any atom is -0.390 e. The van der Waals surface area contributed by atoms with Gasteiger partial charge in [0, 0.05) is 39.3 Å². The number of aliphatic hydroxyl groups is 1. The Morgan fingerprint density at radius 2 is 1.87 bits per heavy atom. The van der Waals surface area contributed by atoms with Gasteiger partial charge in [-0.2, -0.15) is 0 Å². The highest BCUT2D eigenvalue weighted by Gasteiger charge is 2.17. The summed E-state index contributed by atoms with van der Waals surface area (Å²) in [6.07, 6.45) is 2.01. The lowest BCUT2D eigenvalue weighted by Crippen LogP contribution is -2.48. The summed E-state index contributed by atoms with van der Waals surface area (Å²) in [5, 5.41) is 10.3. The molecule has 4 nitrogen and oxygen atoms in total. The van der Waals surface area contributed by atoms with Crippen LogP contribution in [0.1, 0.15) is 17.5 Å². The summed E-state index contributed by atoms with van der Waals surface area (Å²) in [6, 6.07) is 8.61. The summed E-state index contributed by atoms with van der Waals surface area (Å²) in [5.41, 5.74) is 2.82. The van der Waals surface area contributed by atoms with Gasteiger partial charge in [0.05, 0.1) is 6.10 Å². The van der Waals surface area contributed by atoms with E-state index in [0.717, 1.165) is 58.7 Å². The Hall–Kier alpha value is -0.940. The molecule has 0 aliphatic carbocycles. The lowest BCUT2D eigenvalue weighted by molar-refractivity contribution is 0.0606. The van der Waals surface area contributed by atoms with E-state index < -0.39 is 0 Å². The van der Waals surface area contributed by atoms with Crippen molar-refractivity contribution in [1.82, 2.24) is 14.7 Å². The van der Waals surface area contributed by atoms with Crippen LogP contribution in [0.15, 0.2) is 24.3 Å². The average molecular weight is 319 g/mol. The lowest BCUT2D eigenvalue weighted by atomic mass is 10.0. The van der Waals surface area contributed by atoms with E-state index in [9.17, 15) is 5.11 Å². The van der Waals surface area contributed by atoms with E-state index in [0.29, 0.717) is 0 Å². The molecule has 23 heavy (non-hydrogen) atoms. The van der Waals surface area contributed by atoms with E-state index in [-0.39, 0.29) is 6.10 Å². The van der Waals surface area contributed by atoms with Crippen LogP contribution in [-0.4, -0.2) is 85.8 Å². The van der Waals surface area contributed by atoms with E-state index in [2.05, 4.69) is 60.0 Å². The van der Waals surface area contributed by atoms with E-state index in [1.807, 2.05) is 0 Å². The van der Waals surface area contributed by atoms with Crippen LogP contribution in [0.5, 0.6) is 0 Å². The molecule has 130 valence electrons. The summed E-state index contributed by atoms with van der Waals surface area (Å²) in [7, 11) is 4.28. The van der Waals surface area contributed by atoms with Crippen LogP contribution < -0.4 is 0 Å². The van der Waals surface area contributed by atoms with Crippen molar-refractivity contribution in [1.29, 1.82) is 0 Å². The Kier molecular flexibility index (Phi) is 7.50. The second-order valence-electron chi connectivity index (χ2n) is 7.05. The highest BCUT2D eigenvalue weighted by atomic mass is 16.3. The maximum absolute atomic E-state index is 10.3.